The molecular weight excluding hydrogens is 359 g/mol. The lowest BCUT2D eigenvalue weighted by atomic mass is 9.98. The second-order valence-corrected chi connectivity index (χ2v) is 8.21. The highest BCUT2D eigenvalue weighted by molar-refractivity contribution is 7.90. The Morgan fingerprint density at radius 1 is 1.35 bits per heavy atom. The van der Waals surface area contributed by atoms with Gasteiger partial charge in [-0.05, 0) is 18.1 Å². The van der Waals surface area contributed by atoms with E-state index in [9.17, 15) is 22.9 Å². The quantitative estimate of drug-likeness (QED) is 0.756. The maximum Gasteiger partial charge on any atom is 0.278 e. The van der Waals surface area contributed by atoms with E-state index in [1.807, 2.05) is 6.07 Å². The molecule has 0 spiro atoms. The molecule has 0 fully saturated rings. The minimum absolute atomic E-state index is 0.173. The molecule has 0 radical (unpaired) electrons. The normalized spacial score (nSPS) is 11.8. The van der Waals surface area contributed by atoms with Crippen molar-refractivity contribution >= 4 is 15.5 Å². The first-order valence-corrected chi connectivity index (χ1v) is 9.58. The van der Waals surface area contributed by atoms with Gasteiger partial charge in [0.05, 0.1) is 11.9 Å². The molecule has 9 heteroatoms. The Balaban J connectivity index is 2.37. The Labute approximate surface area is 148 Å². The van der Waals surface area contributed by atoms with Gasteiger partial charge in [-0.15, -0.1) is 0 Å². The van der Waals surface area contributed by atoms with Gasteiger partial charge in [-0.3, -0.25) is 4.79 Å². The molecule has 0 atom stereocenters. The Hall–Kier alpha value is -2.99. The first-order valence-electron chi connectivity index (χ1n) is 7.69. The average molecular weight is 374 g/mol. The number of halogens is 1. The fourth-order valence-corrected chi connectivity index (χ4v) is 3.56. The van der Waals surface area contributed by atoms with Crippen LogP contribution in [-0.4, -0.2) is 29.3 Å². The number of aromatic nitrogens is 3. The molecule has 134 valence electrons. The number of sulfone groups is 1. The van der Waals surface area contributed by atoms with Gasteiger partial charge in [-0.2, -0.15) is 14.9 Å². The standard InChI is InChI=1S/C17H15FN4O3S/c1-9(2)14-15(10-4-5-13(12(18)6-10)26(3,24)25)21-16-11(7-19)8-20-22(16)17(14)23/h4-6,8-9,21H,1-3H3. The summed E-state index contributed by atoms with van der Waals surface area (Å²) < 4.78 is 38.6. The SMILES string of the molecule is CC(C)c1c(-c2ccc(S(C)(=O)=O)c(F)c2)[nH]c2c(C#N)cnn2c1=O. The summed E-state index contributed by atoms with van der Waals surface area (Å²) >= 11 is 0. The number of H-pyrrole nitrogens is 1. The minimum Gasteiger partial charge on any atom is -0.338 e. The maximum atomic E-state index is 14.3. The van der Waals surface area contributed by atoms with E-state index in [4.69, 9.17) is 0 Å². The summed E-state index contributed by atoms with van der Waals surface area (Å²) in [5, 5.41) is 13.1. The molecule has 3 aromatic rings. The van der Waals surface area contributed by atoms with Crippen molar-refractivity contribution in [1.82, 2.24) is 14.6 Å². The van der Waals surface area contributed by atoms with Gasteiger partial charge in [0.1, 0.15) is 22.3 Å². The average Bonchev–Trinajstić information content (AvgIpc) is 2.96. The topological polar surface area (TPSA) is 108 Å². The van der Waals surface area contributed by atoms with Crippen molar-refractivity contribution in [2.45, 2.75) is 24.7 Å². The molecule has 0 saturated heterocycles. The van der Waals surface area contributed by atoms with Crippen LogP contribution in [0, 0.1) is 17.1 Å². The van der Waals surface area contributed by atoms with Crippen molar-refractivity contribution in [1.29, 1.82) is 5.26 Å². The fraction of sp³-hybridized carbons (Fsp3) is 0.235. The van der Waals surface area contributed by atoms with Crippen LogP contribution >= 0.6 is 0 Å². The highest BCUT2D eigenvalue weighted by Crippen LogP contribution is 2.28. The molecule has 1 aromatic carbocycles. The monoisotopic (exact) mass is 374 g/mol. The number of nitriles is 1. The summed E-state index contributed by atoms with van der Waals surface area (Å²) in [5.74, 6) is -1.13. The van der Waals surface area contributed by atoms with E-state index >= 15 is 0 Å². The second kappa shape index (κ2) is 6.07. The third kappa shape index (κ3) is 2.78. The molecular formula is C17H15FN4O3S. The maximum absolute atomic E-state index is 14.3. The molecule has 26 heavy (non-hydrogen) atoms. The van der Waals surface area contributed by atoms with Crippen LogP contribution in [0.15, 0.2) is 34.1 Å². The summed E-state index contributed by atoms with van der Waals surface area (Å²) in [5.41, 5.74) is 0.947. The second-order valence-electron chi connectivity index (χ2n) is 6.22. The number of nitrogens with zero attached hydrogens (tertiary/aromatic N) is 3. The summed E-state index contributed by atoms with van der Waals surface area (Å²) in [6.07, 6.45) is 2.19. The fourth-order valence-electron chi connectivity index (χ4n) is 2.83. The van der Waals surface area contributed by atoms with E-state index in [0.717, 1.165) is 22.9 Å². The van der Waals surface area contributed by atoms with Crippen molar-refractivity contribution < 1.29 is 12.8 Å². The first kappa shape index (κ1) is 17.8. The minimum atomic E-state index is -3.71. The van der Waals surface area contributed by atoms with Gasteiger partial charge >= 0.3 is 0 Å². The molecule has 0 aliphatic heterocycles. The molecule has 3 rings (SSSR count). The van der Waals surface area contributed by atoms with Crippen molar-refractivity contribution in [3.05, 3.63) is 51.7 Å². The Bertz CT molecular complexity index is 1230. The van der Waals surface area contributed by atoms with Crippen molar-refractivity contribution in [3.63, 3.8) is 0 Å². The van der Waals surface area contributed by atoms with E-state index in [1.165, 1.54) is 12.3 Å². The zero-order valence-electron chi connectivity index (χ0n) is 14.2. The van der Waals surface area contributed by atoms with Crippen LogP contribution in [0.5, 0.6) is 0 Å². The summed E-state index contributed by atoms with van der Waals surface area (Å²) in [4.78, 5) is 15.3. The molecule has 0 bridgehead atoms. The number of hydrogen-bond donors (Lipinski definition) is 1. The van der Waals surface area contributed by atoms with Gasteiger partial charge in [-0.1, -0.05) is 19.9 Å². The molecule has 0 aliphatic rings. The van der Waals surface area contributed by atoms with Gasteiger partial charge in [0.15, 0.2) is 15.5 Å². The van der Waals surface area contributed by atoms with E-state index in [-0.39, 0.29) is 17.1 Å². The lowest BCUT2D eigenvalue weighted by molar-refractivity contribution is 0.571. The molecule has 0 saturated carbocycles. The molecule has 0 unspecified atom stereocenters. The van der Waals surface area contributed by atoms with Crippen LogP contribution in [0.3, 0.4) is 0 Å². The number of nitrogens with one attached hydrogen (secondary N) is 1. The first-order chi connectivity index (χ1) is 12.1. The van der Waals surface area contributed by atoms with Crippen LogP contribution < -0.4 is 5.56 Å². The third-order valence-corrected chi connectivity index (χ3v) is 5.15. The van der Waals surface area contributed by atoms with Gasteiger partial charge in [0, 0.05) is 17.4 Å². The lowest BCUT2D eigenvalue weighted by Crippen LogP contribution is -2.22. The van der Waals surface area contributed by atoms with Crippen LogP contribution in [0.2, 0.25) is 0 Å². The summed E-state index contributed by atoms with van der Waals surface area (Å²) in [7, 11) is -3.71. The smallest absolute Gasteiger partial charge is 0.278 e. The largest absolute Gasteiger partial charge is 0.338 e. The summed E-state index contributed by atoms with van der Waals surface area (Å²) in [6.45, 7) is 3.60. The molecule has 2 aromatic heterocycles. The number of aromatic amines is 1. The number of fused-ring (bicyclic) bond motifs is 1. The van der Waals surface area contributed by atoms with Crippen molar-refractivity contribution in [2.75, 3.05) is 6.26 Å². The van der Waals surface area contributed by atoms with E-state index < -0.39 is 26.1 Å². The van der Waals surface area contributed by atoms with E-state index in [2.05, 4.69) is 10.1 Å². The number of rotatable bonds is 3. The van der Waals surface area contributed by atoms with E-state index in [1.54, 1.807) is 13.8 Å². The van der Waals surface area contributed by atoms with Gasteiger partial charge < -0.3 is 4.98 Å². The summed E-state index contributed by atoms with van der Waals surface area (Å²) in [6, 6.07) is 5.59. The van der Waals surface area contributed by atoms with Crippen LogP contribution in [0.4, 0.5) is 4.39 Å². The molecule has 0 amide bonds. The van der Waals surface area contributed by atoms with Crippen molar-refractivity contribution in [2.24, 2.45) is 0 Å². The highest BCUT2D eigenvalue weighted by Gasteiger charge is 2.21. The van der Waals surface area contributed by atoms with E-state index in [0.29, 0.717) is 16.8 Å². The predicted octanol–water partition coefficient (Wildman–Crippen LogP) is 2.23. The predicted molar refractivity (Wildman–Crippen MR) is 93.1 cm³/mol. The molecule has 1 N–H and O–H groups in total. The zero-order valence-corrected chi connectivity index (χ0v) is 15.1. The Kier molecular flexibility index (Phi) is 4.16. The Morgan fingerprint density at radius 3 is 2.58 bits per heavy atom. The Morgan fingerprint density at radius 2 is 2.04 bits per heavy atom. The molecule has 0 aliphatic carbocycles. The van der Waals surface area contributed by atoms with Gasteiger partial charge in [0.2, 0.25) is 0 Å². The zero-order chi connectivity index (χ0) is 19.2. The van der Waals surface area contributed by atoms with Crippen LogP contribution in [-0.2, 0) is 9.84 Å². The molecule has 2 heterocycles. The lowest BCUT2D eigenvalue weighted by Gasteiger charge is -2.14. The highest BCUT2D eigenvalue weighted by atomic mass is 32.2. The van der Waals surface area contributed by atoms with Crippen LogP contribution in [0.25, 0.3) is 16.9 Å². The number of benzene rings is 1. The number of hydrogen-bond acceptors (Lipinski definition) is 5. The van der Waals surface area contributed by atoms with Crippen LogP contribution in [0.1, 0.15) is 30.9 Å². The van der Waals surface area contributed by atoms with Gasteiger partial charge in [0.25, 0.3) is 5.56 Å². The van der Waals surface area contributed by atoms with Gasteiger partial charge in [-0.25, -0.2) is 12.8 Å². The molecule has 7 nitrogen and oxygen atoms in total. The van der Waals surface area contributed by atoms with Crippen molar-refractivity contribution in [3.8, 4) is 17.3 Å². The third-order valence-electron chi connectivity index (χ3n) is 4.02.